The average molecular weight is 644 g/mol. The van der Waals surface area contributed by atoms with Crippen LogP contribution < -0.4 is 10.6 Å². The standard InChI is InChI=1S/C39H53N3O5/c1-8-9-10-11-12-13-25-42(37(45)33(40-38(46)47-39(5,6)7)26-30-19-23-32(43)24-20-30)35(31-21-17-27(2)18-22-31)36(44)41-34-28(3)15-14-16-29(34)4/h14-24,33,35,43H,8-13,25-26H2,1-7H3,(H,40,46)(H,41,44). The lowest BCUT2D eigenvalue weighted by molar-refractivity contribution is -0.140. The minimum Gasteiger partial charge on any atom is -0.508 e. The molecule has 0 aliphatic carbocycles. The molecule has 0 bridgehead atoms. The molecule has 8 heteroatoms. The van der Waals surface area contributed by atoms with Gasteiger partial charge < -0.3 is 25.4 Å². The highest BCUT2D eigenvalue weighted by Gasteiger charge is 2.36. The van der Waals surface area contributed by atoms with Crippen LogP contribution in [0.3, 0.4) is 0 Å². The number of ether oxygens (including phenoxy) is 1. The van der Waals surface area contributed by atoms with Crippen LogP contribution in [0.4, 0.5) is 10.5 Å². The minimum absolute atomic E-state index is 0.101. The summed E-state index contributed by atoms with van der Waals surface area (Å²) in [5, 5.41) is 15.8. The average Bonchev–Trinajstić information content (AvgIpc) is 3.00. The van der Waals surface area contributed by atoms with E-state index in [1.807, 2.05) is 63.2 Å². The predicted molar refractivity (Wildman–Crippen MR) is 189 cm³/mol. The van der Waals surface area contributed by atoms with Gasteiger partial charge in [0.25, 0.3) is 5.91 Å². The van der Waals surface area contributed by atoms with Gasteiger partial charge in [-0.15, -0.1) is 0 Å². The summed E-state index contributed by atoms with van der Waals surface area (Å²) < 4.78 is 5.56. The number of benzene rings is 3. The molecule has 0 saturated heterocycles. The van der Waals surface area contributed by atoms with Crippen LogP contribution in [0.15, 0.2) is 66.7 Å². The molecule has 3 rings (SSSR count). The number of anilines is 1. The number of aromatic hydroxyl groups is 1. The number of carbonyl (C=O) groups is 3. The lowest BCUT2D eigenvalue weighted by Crippen LogP contribution is -2.53. The molecule has 8 nitrogen and oxygen atoms in total. The first-order valence-corrected chi connectivity index (χ1v) is 16.8. The summed E-state index contributed by atoms with van der Waals surface area (Å²) >= 11 is 0. The van der Waals surface area contributed by atoms with Crippen molar-refractivity contribution in [2.75, 3.05) is 11.9 Å². The molecule has 0 heterocycles. The number of unbranched alkanes of at least 4 members (excludes halogenated alkanes) is 5. The van der Waals surface area contributed by atoms with Gasteiger partial charge in [-0.05, 0) is 82.3 Å². The Morgan fingerprint density at radius 3 is 2.02 bits per heavy atom. The highest BCUT2D eigenvalue weighted by atomic mass is 16.6. The smallest absolute Gasteiger partial charge is 0.408 e. The van der Waals surface area contributed by atoms with Crippen LogP contribution in [0.2, 0.25) is 0 Å². The number of rotatable bonds is 15. The number of hydrogen-bond donors (Lipinski definition) is 3. The maximum Gasteiger partial charge on any atom is 0.408 e. The van der Waals surface area contributed by atoms with E-state index in [4.69, 9.17) is 4.74 Å². The molecule has 0 fully saturated rings. The van der Waals surface area contributed by atoms with Gasteiger partial charge in [0.2, 0.25) is 5.91 Å². The van der Waals surface area contributed by atoms with E-state index in [0.717, 1.165) is 54.4 Å². The maximum atomic E-state index is 14.8. The Kier molecular flexibility index (Phi) is 13.9. The predicted octanol–water partition coefficient (Wildman–Crippen LogP) is 8.32. The van der Waals surface area contributed by atoms with Crippen molar-refractivity contribution in [3.63, 3.8) is 0 Å². The fourth-order valence-corrected chi connectivity index (χ4v) is 5.57. The van der Waals surface area contributed by atoms with Crippen molar-refractivity contribution in [3.8, 4) is 5.75 Å². The number of amides is 3. The molecular formula is C39H53N3O5. The summed E-state index contributed by atoms with van der Waals surface area (Å²) in [5.74, 6) is -0.616. The van der Waals surface area contributed by atoms with Crippen molar-refractivity contribution >= 4 is 23.6 Å². The minimum atomic E-state index is -1.03. The number of nitrogens with zero attached hydrogens (tertiary/aromatic N) is 1. The van der Waals surface area contributed by atoms with Gasteiger partial charge in [0.1, 0.15) is 23.4 Å². The van der Waals surface area contributed by atoms with E-state index < -0.39 is 23.8 Å². The zero-order valence-electron chi connectivity index (χ0n) is 29.2. The molecular weight excluding hydrogens is 590 g/mol. The molecule has 2 unspecified atom stereocenters. The lowest BCUT2D eigenvalue weighted by Gasteiger charge is -2.35. The maximum absolute atomic E-state index is 14.8. The summed E-state index contributed by atoms with van der Waals surface area (Å²) in [7, 11) is 0. The molecule has 47 heavy (non-hydrogen) atoms. The second-order valence-electron chi connectivity index (χ2n) is 13.4. The van der Waals surface area contributed by atoms with E-state index >= 15 is 0 Å². The summed E-state index contributed by atoms with van der Waals surface area (Å²) in [5.41, 5.74) is 4.24. The monoisotopic (exact) mass is 643 g/mol. The molecule has 0 radical (unpaired) electrons. The summed E-state index contributed by atoms with van der Waals surface area (Å²) in [4.78, 5) is 43.9. The van der Waals surface area contributed by atoms with E-state index in [2.05, 4.69) is 17.6 Å². The number of nitrogens with one attached hydrogen (secondary N) is 2. The molecule has 3 aromatic carbocycles. The molecule has 0 saturated carbocycles. The third-order valence-electron chi connectivity index (χ3n) is 8.08. The molecule has 254 valence electrons. The molecule has 0 aliphatic heterocycles. The van der Waals surface area contributed by atoms with Crippen molar-refractivity contribution in [2.24, 2.45) is 0 Å². The van der Waals surface area contributed by atoms with Gasteiger partial charge in [0, 0.05) is 18.7 Å². The molecule has 0 spiro atoms. The van der Waals surface area contributed by atoms with Crippen LogP contribution in [-0.4, -0.2) is 46.1 Å². The highest BCUT2D eigenvalue weighted by molar-refractivity contribution is 6.00. The van der Waals surface area contributed by atoms with Gasteiger partial charge in [-0.3, -0.25) is 9.59 Å². The summed E-state index contributed by atoms with van der Waals surface area (Å²) in [6.07, 6.45) is 5.47. The highest BCUT2D eigenvalue weighted by Crippen LogP contribution is 2.28. The van der Waals surface area contributed by atoms with E-state index in [1.165, 1.54) is 0 Å². The van der Waals surface area contributed by atoms with Crippen LogP contribution in [0.1, 0.15) is 100 Å². The van der Waals surface area contributed by atoms with Gasteiger partial charge in [-0.2, -0.15) is 0 Å². The Labute approximate surface area is 280 Å². The van der Waals surface area contributed by atoms with Gasteiger partial charge in [-0.1, -0.05) is 99.2 Å². The quantitative estimate of drug-likeness (QED) is 0.144. The third-order valence-corrected chi connectivity index (χ3v) is 8.08. The fourth-order valence-electron chi connectivity index (χ4n) is 5.57. The van der Waals surface area contributed by atoms with Crippen LogP contribution in [0, 0.1) is 20.8 Å². The molecule has 3 aromatic rings. The van der Waals surface area contributed by atoms with Crippen molar-refractivity contribution in [1.29, 1.82) is 0 Å². The van der Waals surface area contributed by atoms with Crippen LogP contribution in [0.25, 0.3) is 0 Å². The Hall–Kier alpha value is -4.33. The van der Waals surface area contributed by atoms with Crippen molar-refractivity contribution in [3.05, 3.63) is 94.5 Å². The first kappa shape index (κ1) is 37.1. The zero-order chi connectivity index (χ0) is 34.6. The van der Waals surface area contributed by atoms with Crippen LogP contribution in [0.5, 0.6) is 5.75 Å². The Bertz CT molecular complexity index is 1440. The number of alkyl carbamates (subject to hydrolysis) is 1. The number of phenolic OH excluding ortho intramolecular Hbond substituents is 1. The Morgan fingerprint density at radius 1 is 0.830 bits per heavy atom. The van der Waals surface area contributed by atoms with Gasteiger partial charge in [-0.25, -0.2) is 4.79 Å². The summed E-state index contributed by atoms with van der Waals surface area (Å²) in [6.45, 7) is 13.7. The van der Waals surface area contributed by atoms with Crippen molar-refractivity contribution in [2.45, 2.75) is 111 Å². The molecule has 2 atom stereocenters. The first-order chi connectivity index (χ1) is 22.3. The Morgan fingerprint density at radius 2 is 1.43 bits per heavy atom. The lowest BCUT2D eigenvalue weighted by atomic mass is 9.98. The van der Waals surface area contributed by atoms with E-state index in [1.54, 1.807) is 49.9 Å². The fraction of sp³-hybridized carbons (Fsp3) is 0.462. The molecule has 3 N–H and O–H groups in total. The number of carbonyl (C=O) groups excluding carboxylic acids is 3. The molecule has 3 amide bonds. The van der Waals surface area contributed by atoms with Gasteiger partial charge in [0.15, 0.2) is 0 Å². The Balaban J connectivity index is 2.08. The number of hydrogen-bond acceptors (Lipinski definition) is 5. The number of para-hydroxylation sites is 1. The van der Waals surface area contributed by atoms with Gasteiger partial charge >= 0.3 is 6.09 Å². The second kappa shape index (κ2) is 17.5. The van der Waals surface area contributed by atoms with Crippen molar-refractivity contribution < 1.29 is 24.2 Å². The number of aryl methyl sites for hydroxylation is 3. The molecule has 0 aliphatic rings. The summed E-state index contributed by atoms with van der Waals surface area (Å²) in [6, 6.07) is 18.0. The number of phenols is 1. The third kappa shape index (κ3) is 11.8. The first-order valence-electron chi connectivity index (χ1n) is 16.8. The topological polar surface area (TPSA) is 108 Å². The molecule has 0 aromatic heterocycles. The van der Waals surface area contributed by atoms with Crippen molar-refractivity contribution in [1.82, 2.24) is 10.2 Å². The zero-order valence-corrected chi connectivity index (χ0v) is 29.2. The van der Waals surface area contributed by atoms with E-state index in [0.29, 0.717) is 24.2 Å². The SMILES string of the molecule is CCCCCCCCN(C(=O)C(Cc1ccc(O)cc1)NC(=O)OC(C)(C)C)C(C(=O)Nc1c(C)cccc1C)c1ccc(C)cc1. The largest absolute Gasteiger partial charge is 0.508 e. The second-order valence-corrected chi connectivity index (χ2v) is 13.4. The van der Waals surface area contributed by atoms with Gasteiger partial charge in [0.05, 0.1) is 0 Å². The van der Waals surface area contributed by atoms with Crippen LogP contribution >= 0.6 is 0 Å². The normalized spacial score (nSPS) is 12.6. The van der Waals surface area contributed by atoms with Crippen LogP contribution in [-0.2, 0) is 20.7 Å². The van der Waals surface area contributed by atoms with E-state index in [9.17, 15) is 19.5 Å². The van der Waals surface area contributed by atoms with E-state index in [-0.39, 0.29) is 24.0 Å².